The van der Waals surface area contributed by atoms with Crippen LogP contribution in [-0.4, -0.2) is 17.3 Å². The number of rotatable bonds is 4. The molecule has 0 aliphatic rings. The summed E-state index contributed by atoms with van der Waals surface area (Å²) < 4.78 is 0. The Labute approximate surface area is 74.3 Å². The fourth-order valence-corrected chi connectivity index (χ4v) is 0.657. The number of aliphatic imine (C=N–C) groups is 1. The second kappa shape index (κ2) is 5.41. The molecule has 0 aromatic carbocycles. The van der Waals surface area contributed by atoms with Crippen molar-refractivity contribution < 1.29 is 0 Å². The molecule has 0 saturated carbocycles. The number of hydrogen-bond acceptors (Lipinski definition) is 2. The van der Waals surface area contributed by atoms with Gasteiger partial charge in [0.05, 0.1) is 6.34 Å². The molecule has 0 rings (SSSR count). The van der Waals surface area contributed by atoms with Crippen LogP contribution in [0, 0.1) is 0 Å². The number of nitrogens with zero attached hydrogens (tertiary/aromatic N) is 2. The third kappa shape index (κ3) is 4.55. The van der Waals surface area contributed by atoms with E-state index in [-0.39, 0.29) is 0 Å². The van der Waals surface area contributed by atoms with E-state index in [1.165, 1.54) is 0 Å². The molecule has 0 bridgehead atoms. The highest BCUT2D eigenvalue weighted by atomic mass is 15.2. The lowest BCUT2D eigenvalue weighted by atomic mass is 10.3. The number of allylic oxidation sites excluding steroid dienone is 1. The van der Waals surface area contributed by atoms with Gasteiger partial charge in [-0.15, -0.1) is 0 Å². The van der Waals surface area contributed by atoms with Gasteiger partial charge in [0.1, 0.15) is 5.82 Å². The van der Waals surface area contributed by atoms with Crippen molar-refractivity contribution in [2.75, 3.05) is 0 Å². The second-order valence-corrected chi connectivity index (χ2v) is 2.76. The summed E-state index contributed by atoms with van der Waals surface area (Å²) in [7, 11) is 0. The van der Waals surface area contributed by atoms with Gasteiger partial charge in [-0.1, -0.05) is 12.7 Å². The molecule has 0 radical (unpaired) electrons. The number of hydrogen-bond donors (Lipinski definition) is 1. The van der Waals surface area contributed by atoms with Crippen molar-refractivity contribution in [2.24, 2.45) is 10.7 Å². The van der Waals surface area contributed by atoms with Crippen LogP contribution in [0.2, 0.25) is 0 Å². The maximum Gasteiger partial charge on any atom is 0.117 e. The minimum Gasteiger partial charge on any atom is -0.384 e. The van der Waals surface area contributed by atoms with Crippen LogP contribution in [0.3, 0.4) is 0 Å². The third-order valence-electron chi connectivity index (χ3n) is 1.27. The monoisotopic (exact) mass is 167 g/mol. The Morgan fingerprint density at radius 1 is 1.58 bits per heavy atom. The summed E-state index contributed by atoms with van der Waals surface area (Å²) in [4.78, 5) is 5.85. The first-order valence-electron chi connectivity index (χ1n) is 3.96. The van der Waals surface area contributed by atoms with Gasteiger partial charge in [0, 0.05) is 12.2 Å². The molecular formula is C9H17N3. The Morgan fingerprint density at radius 3 is 2.50 bits per heavy atom. The van der Waals surface area contributed by atoms with Gasteiger partial charge in [-0.25, -0.2) is 4.99 Å². The normalized spacial score (nSPS) is 11.7. The molecule has 0 aromatic heterocycles. The predicted octanol–water partition coefficient (Wildman–Crippen LogP) is 1.69. The lowest BCUT2D eigenvalue weighted by Crippen LogP contribution is -2.23. The predicted molar refractivity (Wildman–Crippen MR) is 53.6 cm³/mol. The van der Waals surface area contributed by atoms with Gasteiger partial charge in [-0.05, 0) is 20.8 Å². The lowest BCUT2D eigenvalue weighted by molar-refractivity contribution is 0.470. The molecule has 0 aliphatic heterocycles. The SMILES string of the molecule is C=C(N)N=CN(/C=C\C)C(C)C. The minimum atomic E-state index is 0.324. The van der Waals surface area contributed by atoms with Crippen LogP contribution >= 0.6 is 0 Å². The molecule has 0 heterocycles. The molecule has 0 aliphatic carbocycles. The van der Waals surface area contributed by atoms with E-state index in [1.54, 1.807) is 6.34 Å². The maximum absolute atomic E-state index is 5.29. The highest BCUT2D eigenvalue weighted by Gasteiger charge is 1.98. The van der Waals surface area contributed by atoms with Gasteiger partial charge >= 0.3 is 0 Å². The van der Waals surface area contributed by atoms with Crippen molar-refractivity contribution >= 4 is 6.34 Å². The molecule has 2 N–H and O–H groups in total. The molecular weight excluding hydrogens is 150 g/mol. The molecule has 0 saturated heterocycles. The first-order valence-corrected chi connectivity index (χ1v) is 3.96. The Kier molecular flexibility index (Phi) is 4.84. The zero-order chi connectivity index (χ0) is 9.56. The van der Waals surface area contributed by atoms with Crippen LogP contribution in [-0.2, 0) is 0 Å². The average molecular weight is 167 g/mol. The van der Waals surface area contributed by atoms with Gasteiger partial charge in [-0.3, -0.25) is 0 Å². The zero-order valence-corrected chi connectivity index (χ0v) is 7.99. The zero-order valence-electron chi connectivity index (χ0n) is 7.99. The summed E-state index contributed by atoms with van der Waals surface area (Å²) >= 11 is 0. The molecule has 0 fully saturated rings. The Morgan fingerprint density at radius 2 is 2.17 bits per heavy atom. The third-order valence-corrected chi connectivity index (χ3v) is 1.27. The average Bonchev–Trinajstić information content (AvgIpc) is 1.96. The summed E-state index contributed by atoms with van der Waals surface area (Å²) in [5, 5.41) is 0. The quantitative estimate of drug-likeness (QED) is 0.511. The van der Waals surface area contributed by atoms with Crippen LogP contribution in [0.25, 0.3) is 0 Å². The van der Waals surface area contributed by atoms with Gasteiger partial charge in [-0.2, -0.15) is 0 Å². The Bertz CT molecular complexity index is 192. The van der Waals surface area contributed by atoms with Gasteiger partial charge in [0.25, 0.3) is 0 Å². The molecule has 12 heavy (non-hydrogen) atoms. The first kappa shape index (κ1) is 10.8. The van der Waals surface area contributed by atoms with E-state index in [0.717, 1.165) is 0 Å². The van der Waals surface area contributed by atoms with Crippen molar-refractivity contribution in [1.82, 2.24) is 4.90 Å². The summed E-state index contributed by atoms with van der Waals surface area (Å²) in [6.07, 6.45) is 5.56. The maximum atomic E-state index is 5.29. The van der Waals surface area contributed by atoms with Crippen molar-refractivity contribution in [2.45, 2.75) is 26.8 Å². The molecule has 0 atom stereocenters. The topological polar surface area (TPSA) is 41.6 Å². The van der Waals surface area contributed by atoms with E-state index in [4.69, 9.17) is 5.73 Å². The highest BCUT2D eigenvalue weighted by molar-refractivity contribution is 5.58. The van der Waals surface area contributed by atoms with Gasteiger partial charge < -0.3 is 10.6 Å². The summed E-state index contributed by atoms with van der Waals surface area (Å²) in [6.45, 7) is 9.58. The summed E-state index contributed by atoms with van der Waals surface area (Å²) in [6, 6.07) is 0.379. The van der Waals surface area contributed by atoms with E-state index >= 15 is 0 Å². The molecule has 68 valence electrons. The van der Waals surface area contributed by atoms with E-state index in [9.17, 15) is 0 Å². The Hall–Kier alpha value is -1.25. The van der Waals surface area contributed by atoms with Crippen molar-refractivity contribution in [3.8, 4) is 0 Å². The molecule has 3 nitrogen and oxygen atoms in total. The molecule has 0 aromatic rings. The smallest absolute Gasteiger partial charge is 0.117 e. The fraction of sp³-hybridized carbons (Fsp3) is 0.444. The largest absolute Gasteiger partial charge is 0.384 e. The minimum absolute atomic E-state index is 0.324. The van der Waals surface area contributed by atoms with Gasteiger partial charge in [0.15, 0.2) is 0 Å². The van der Waals surface area contributed by atoms with Crippen molar-refractivity contribution in [3.63, 3.8) is 0 Å². The molecule has 0 unspecified atom stereocenters. The van der Waals surface area contributed by atoms with Crippen molar-refractivity contribution in [1.29, 1.82) is 0 Å². The Balaban J connectivity index is 4.22. The van der Waals surface area contributed by atoms with E-state index < -0.39 is 0 Å². The van der Waals surface area contributed by atoms with Gasteiger partial charge in [0.2, 0.25) is 0 Å². The molecule has 0 amide bonds. The summed E-state index contributed by atoms with van der Waals surface area (Å²) in [5.74, 6) is 0.324. The van der Waals surface area contributed by atoms with Crippen LogP contribution < -0.4 is 5.73 Å². The van der Waals surface area contributed by atoms with E-state index in [1.807, 2.05) is 24.1 Å². The number of nitrogens with two attached hydrogens (primary N) is 1. The van der Waals surface area contributed by atoms with Crippen LogP contribution in [0.15, 0.2) is 29.7 Å². The first-order chi connectivity index (χ1) is 5.57. The van der Waals surface area contributed by atoms with Crippen LogP contribution in [0.5, 0.6) is 0 Å². The molecule has 0 spiro atoms. The lowest BCUT2D eigenvalue weighted by Gasteiger charge is -2.18. The highest BCUT2D eigenvalue weighted by Crippen LogP contribution is 1.96. The van der Waals surface area contributed by atoms with E-state index in [2.05, 4.69) is 25.4 Å². The summed E-state index contributed by atoms with van der Waals surface area (Å²) in [5.41, 5.74) is 5.29. The fourth-order valence-electron chi connectivity index (χ4n) is 0.657. The van der Waals surface area contributed by atoms with E-state index in [0.29, 0.717) is 11.9 Å². The standard InChI is InChI=1S/C9H17N3/c1-5-6-12(8(2)3)7-11-9(4)10/h5-8H,4,10H2,1-3H3/b6-5-,11-7?. The molecule has 3 heteroatoms. The van der Waals surface area contributed by atoms with Crippen LogP contribution in [0.1, 0.15) is 20.8 Å². The van der Waals surface area contributed by atoms with Crippen LogP contribution in [0.4, 0.5) is 0 Å². The van der Waals surface area contributed by atoms with Crippen molar-refractivity contribution in [3.05, 3.63) is 24.7 Å². The second-order valence-electron chi connectivity index (χ2n) is 2.76.